The predicted molar refractivity (Wildman–Crippen MR) is 53.0 cm³/mol. The van der Waals surface area contributed by atoms with Gasteiger partial charge < -0.3 is 5.02 Å². The molecule has 0 aliphatic carbocycles. The monoisotopic (exact) mass is 345 g/mol. The Morgan fingerprint density at radius 3 is 2.23 bits per heavy atom. The van der Waals surface area contributed by atoms with Crippen molar-refractivity contribution in [2.75, 3.05) is 0 Å². The van der Waals surface area contributed by atoms with E-state index in [-0.39, 0.29) is 21.1 Å². The van der Waals surface area contributed by atoms with Crippen LogP contribution in [0.4, 0.5) is 0 Å². The van der Waals surface area contributed by atoms with Gasteiger partial charge in [0.1, 0.15) is 0 Å². The minimum Gasteiger partial charge on any atom is -0.448 e. The van der Waals surface area contributed by atoms with Crippen molar-refractivity contribution in [3.8, 4) is 0 Å². The topological polar surface area (TPSA) is 20.2 Å². The Hall–Kier alpha value is -0.0668. The summed E-state index contributed by atoms with van der Waals surface area (Å²) in [5, 5.41) is 9.39. The average molecular weight is 345 g/mol. The molecule has 0 aliphatic rings. The molecule has 1 rings (SSSR count). The molecule has 0 radical (unpaired) electrons. The first-order valence-electron chi connectivity index (χ1n) is 4.20. The van der Waals surface area contributed by atoms with E-state index in [1.165, 1.54) is 5.56 Å². The van der Waals surface area contributed by atoms with Crippen molar-refractivity contribution >= 4 is 12.4 Å². The van der Waals surface area contributed by atoms with Crippen LogP contribution in [0, 0.1) is 26.8 Å². The summed E-state index contributed by atoms with van der Waals surface area (Å²) in [6.45, 7) is 7.44. The third kappa shape index (κ3) is 2.96. The molecule has 1 aromatic rings. The third-order valence-corrected chi connectivity index (χ3v) is 2.19. The maximum absolute atomic E-state index is 9.39. The molecule has 1 nitrogen and oxygen atoms in total. The van der Waals surface area contributed by atoms with Crippen LogP contribution < -0.4 is 5.46 Å². The van der Waals surface area contributed by atoms with Crippen LogP contribution in [0.25, 0.3) is 0 Å². The van der Waals surface area contributed by atoms with Crippen molar-refractivity contribution in [1.29, 1.82) is 0 Å². The summed E-state index contributed by atoms with van der Waals surface area (Å²) in [4.78, 5) is 0. The van der Waals surface area contributed by atoms with Gasteiger partial charge in [-0.2, -0.15) is 34.3 Å². The smallest absolute Gasteiger partial charge is 0.295 e. The molecule has 0 heterocycles. The van der Waals surface area contributed by atoms with Gasteiger partial charge in [-0.3, -0.25) is 0 Å². The van der Waals surface area contributed by atoms with Crippen LogP contribution in [0.5, 0.6) is 0 Å². The molecule has 0 saturated carbocycles. The van der Waals surface area contributed by atoms with Gasteiger partial charge in [0.25, 0.3) is 6.92 Å². The third-order valence-electron chi connectivity index (χ3n) is 2.19. The van der Waals surface area contributed by atoms with Crippen LogP contribution in [0.15, 0.2) is 6.07 Å². The van der Waals surface area contributed by atoms with E-state index in [0.717, 1.165) is 16.6 Å². The van der Waals surface area contributed by atoms with Gasteiger partial charge >= 0.3 is 0 Å². The van der Waals surface area contributed by atoms with Gasteiger partial charge in [-0.25, -0.2) is 0 Å². The van der Waals surface area contributed by atoms with Crippen molar-refractivity contribution in [2.45, 2.75) is 27.6 Å². The van der Waals surface area contributed by atoms with E-state index in [9.17, 15) is 5.02 Å². The molecule has 3 heteroatoms. The van der Waals surface area contributed by atoms with E-state index in [0.29, 0.717) is 0 Å². The Kier molecular flexibility index (Phi) is 4.95. The number of rotatable bonds is 1. The molecule has 0 unspecified atom stereocenters. The molecular formula is C10H14BOW-. The molecule has 70 valence electrons. The normalized spacial score (nSPS) is 9.31. The van der Waals surface area contributed by atoms with E-state index < -0.39 is 6.92 Å². The zero-order valence-corrected chi connectivity index (χ0v) is 11.4. The van der Waals surface area contributed by atoms with Crippen molar-refractivity contribution in [2.24, 2.45) is 0 Å². The summed E-state index contributed by atoms with van der Waals surface area (Å²) in [5.41, 5.74) is 4.39. The minimum absolute atomic E-state index is 0. The molecule has 0 spiro atoms. The Balaban J connectivity index is 0.00000144. The van der Waals surface area contributed by atoms with Gasteiger partial charge in [-0.15, -0.1) is 0 Å². The summed E-state index contributed by atoms with van der Waals surface area (Å²) < 4.78 is 0. The van der Waals surface area contributed by atoms with Gasteiger partial charge in [0.2, 0.25) is 0 Å². The Bertz CT molecular complexity index is 297. The van der Waals surface area contributed by atoms with Crippen LogP contribution in [-0.2, 0) is 21.1 Å². The molecule has 0 atom stereocenters. The number of aryl methyl sites for hydroxylation is 3. The summed E-state index contributed by atoms with van der Waals surface area (Å²) in [5.74, 6) is 0. The summed E-state index contributed by atoms with van der Waals surface area (Å²) in [6, 6.07) is 5.28. The van der Waals surface area contributed by atoms with Gasteiger partial charge in [0.05, 0.1) is 0 Å². The van der Waals surface area contributed by atoms with Crippen LogP contribution in [-0.4, -0.2) is 11.9 Å². The average Bonchev–Trinajstić information content (AvgIpc) is 1.96. The molecule has 0 amide bonds. The van der Waals surface area contributed by atoms with Gasteiger partial charge in [-0.05, 0) is 0 Å². The quantitative estimate of drug-likeness (QED) is 0.600. The molecule has 0 aromatic heterocycles. The molecule has 13 heavy (non-hydrogen) atoms. The molecule has 0 fully saturated rings. The Labute approximate surface area is 94.9 Å². The summed E-state index contributed by atoms with van der Waals surface area (Å²) in [6.07, 6.45) is 0. The molecule has 0 bridgehead atoms. The van der Waals surface area contributed by atoms with E-state index >= 15 is 0 Å². The molecule has 0 aliphatic heterocycles. The maximum atomic E-state index is 9.39. The van der Waals surface area contributed by atoms with Crippen LogP contribution in [0.3, 0.4) is 0 Å². The number of hydrogen-bond acceptors (Lipinski definition) is 1. The van der Waals surface area contributed by atoms with Crippen molar-refractivity contribution in [3.05, 3.63) is 28.8 Å². The fourth-order valence-electron chi connectivity index (χ4n) is 1.34. The van der Waals surface area contributed by atoms with Crippen molar-refractivity contribution in [3.63, 3.8) is 0 Å². The first kappa shape index (κ1) is 12.9. The molecule has 0 saturated heterocycles. The van der Waals surface area contributed by atoms with Crippen molar-refractivity contribution in [1.82, 2.24) is 0 Å². The van der Waals surface area contributed by atoms with E-state index in [4.69, 9.17) is 0 Å². The van der Waals surface area contributed by atoms with E-state index in [2.05, 4.69) is 19.1 Å². The zero-order chi connectivity index (χ0) is 9.30. The Morgan fingerprint density at radius 1 is 1.23 bits per heavy atom. The van der Waals surface area contributed by atoms with Gasteiger partial charge in [0.15, 0.2) is 0 Å². The largest absolute Gasteiger partial charge is 0.448 e. The molecular weight excluding hydrogens is 331 g/mol. The SMILES string of the molecule is CB(O)c1[c-]c(C)c(C)cc1C.[W]. The van der Waals surface area contributed by atoms with E-state index in [1.807, 2.05) is 13.8 Å². The van der Waals surface area contributed by atoms with Crippen LogP contribution in [0.1, 0.15) is 16.7 Å². The van der Waals surface area contributed by atoms with E-state index in [1.54, 1.807) is 6.82 Å². The predicted octanol–water partition coefficient (Wildman–Crippen LogP) is 1.23. The second kappa shape index (κ2) is 4.97. The molecule has 1 N–H and O–H groups in total. The van der Waals surface area contributed by atoms with Crippen molar-refractivity contribution < 1.29 is 26.1 Å². The molecule has 1 aromatic carbocycles. The standard InChI is InChI=1S/C10H14BO.W/c1-7-5-9(3)10(11(4)12)6-8(7)2;/h5,12H,1-4H3;/q-1;. The minimum atomic E-state index is -0.413. The summed E-state index contributed by atoms with van der Waals surface area (Å²) in [7, 11) is 0. The fraction of sp³-hybridized carbons (Fsp3) is 0.400. The maximum Gasteiger partial charge on any atom is 0.295 e. The van der Waals surface area contributed by atoms with Crippen LogP contribution in [0.2, 0.25) is 6.82 Å². The fourth-order valence-corrected chi connectivity index (χ4v) is 1.34. The number of benzene rings is 1. The second-order valence-electron chi connectivity index (χ2n) is 3.35. The first-order chi connectivity index (χ1) is 5.52. The van der Waals surface area contributed by atoms with Crippen LogP contribution >= 0.6 is 0 Å². The second-order valence-corrected chi connectivity index (χ2v) is 3.35. The Morgan fingerprint density at radius 2 is 1.77 bits per heavy atom. The summed E-state index contributed by atoms with van der Waals surface area (Å²) >= 11 is 0. The number of hydrogen-bond donors (Lipinski definition) is 1. The van der Waals surface area contributed by atoms with Gasteiger partial charge in [-0.1, -0.05) is 27.6 Å². The van der Waals surface area contributed by atoms with Gasteiger partial charge in [0, 0.05) is 21.1 Å². The first-order valence-corrected chi connectivity index (χ1v) is 4.20. The zero-order valence-electron chi connectivity index (χ0n) is 8.51.